The molecule has 3 aromatic rings. The summed E-state index contributed by atoms with van der Waals surface area (Å²) in [4.78, 5) is 2.08. The lowest BCUT2D eigenvalue weighted by Crippen LogP contribution is -2.20. The number of anilines is 2. The van der Waals surface area contributed by atoms with Gasteiger partial charge in [0.1, 0.15) is 11.8 Å². The number of aromatic nitrogens is 4. The Bertz CT molecular complexity index is 945. The van der Waals surface area contributed by atoms with Gasteiger partial charge in [0.05, 0.1) is 7.11 Å². The number of rotatable bonds is 4. The van der Waals surface area contributed by atoms with Crippen molar-refractivity contribution in [2.45, 2.75) is 6.04 Å². The maximum absolute atomic E-state index is 5.34. The number of allylic oxidation sites excluding steroid dienone is 1. The molecule has 26 heavy (non-hydrogen) atoms. The molecular formula is C19H20N6O. The maximum atomic E-state index is 5.34. The molecule has 0 radical (unpaired) electrons. The van der Waals surface area contributed by atoms with Crippen LogP contribution < -0.4 is 15.0 Å². The Morgan fingerprint density at radius 1 is 1.12 bits per heavy atom. The Balaban J connectivity index is 1.75. The fraction of sp³-hybridized carbons (Fsp3) is 0.211. The molecule has 1 aromatic heterocycles. The Hall–Kier alpha value is -3.35. The van der Waals surface area contributed by atoms with Crippen LogP contribution in [0.15, 0.2) is 54.6 Å². The molecular weight excluding hydrogens is 328 g/mol. The van der Waals surface area contributed by atoms with Gasteiger partial charge in [0.2, 0.25) is 5.95 Å². The minimum Gasteiger partial charge on any atom is -0.497 e. The van der Waals surface area contributed by atoms with E-state index in [-0.39, 0.29) is 6.04 Å². The topological polar surface area (TPSA) is 68.1 Å². The van der Waals surface area contributed by atoms with Crippen LogP contribution in [0.4, 0.5) is 11.6 Å². The second-order valence-electron chi connectivity index (χ2n) is 6.32. The highest BCUT2D eigenvalue weighted by Crippen LogP contribution is 2.33. The fourth-order valence-electron chi connectivity index (χ4n) is 3.02. The number of methoxy groups -OCH3 is 1. The molecule has 1 aliphatic rings. The van der Waals surface area contributed by atoms with E-state index in [1.54, 1.807) is 11.8 Å². The average molecular weight is 348 g/mol. The molecule has 0 saturated carbocycles. The molecule has 0 spiro atoms. The van der Waals surface area contributed by atoms with Crippen LogP contribution in [0.2, 0.25) is 0 Å². The number of nitrogens with zero attached hydrogens (tertiary/aromatic N) is 5. The predicted molar refractivity (Wildman–Crippen MR) is 101 cm³/mol. The molecule has 0 unspecified atom stereocenters. The van der Waals surface area contributed by atoms with Crippen LogP contribution in [0.5, 0.6) is 5.75 Å². The zero-order valence-corrected chi connectivity index (χ0v) is 14.9. The molecule has 1 N–H and O–H groups in total. The summed E-state index contributed by atoms with van der Waals surface area (Å²) in [7, 11) is 5.72. The van der Waals surface area contributed by atoms with E-state index < -0.39 is 0 Å². The zero-order chi connectivity index (χ0) is 18.1. The summed E-state index contributed by atoms with van der Waals surface area (Å²) >= 11 is 0. The van der Waals surface area contributed by atoms with E-state index in [1.807, 2.05) is 38.4 Å². The van der Waals surface area contributed by atoms with Gasteiger partial charge in [-0.3, -0.25) is 0 Å². The lowest BCUT2D eigenvalue weighted by Gasteiger charge is -2.24. The van der Waals surface area contributed by atoms with Crippen molar-refractivity contribution in [1.29, 1.82) is 0 Å². The van der Waals surface area contributed by atoms with E-state index in [4.69, 9.17) is 4.74 Å². The SMILES string of the molecule is COc1cccc(C2=C[C@@H](c3ccc(N(C)C)cc3)n3nnnc3N2)c1. The summed E-state index contributed by atoms with van der Waals surface area (Å²) in [6.07, 6.45) is 2.13. The van der Waals surface area contributed by atoms with E-state index in [0.717, 1.165) is 28.3 Å². The molecule has 0 fully saturated rings. The molecule has 2 aromatic carbocycles. The quantitative estimate of drug-likeness (QED) is 0.782. The number of ether oxygens (including phenoxy) is 1. The number of fused-ring (bicyclic) bond motifs is 1. The van der Waals surface area contributed by atoms with E-state index in [0.29, 0.717) is 5.95 Å². The summed E-state index contributed by atoms with van der Waals surface area (Å²) in [6, 6.07) is 16.2. The van der Waals surface area contributed by atoms with Gasteiger partial charge < -0.3 is 15.0 Å². The van der Waals surface area contributed by atoms with Crippen molar-refractivity contribution < 1.29 is 4.74 Å². The lowest BCUT2D eigenvalue weighted by molar-refractivity contribution is 0.414. The Kier molecular flexibility index (Phi) is 4.04. The first-order chi connectivity index (χ1) is 12.7. The van der Waals surface area contributed by atoms with Gasteiger partial charge >= 0.3 is 0 Å². The van der Waals surface area contributed by atoms with Gasteiger partial charge in [0.15, 0.2) is 0 Å². The minimum absolute atomic E-state index is 0.0846. The summed E-state index contributed by atoms with van der Waals surface area (Å²) in [5.41, 5.74) is 4.24. The van der Waals surface area contributed by atoms with Gasteiger partial charge in [-0.05, 0) is 46.3 Å². The highest BCUT2D eigenvalue weighted by atomic mass is 16.5. The molecule has 0 saturated heterocycles. The monoisotopic (exact) mass is 348 g/mol. The van der Waals surface area contributed by atoms with Gasteiger partial charge in [-0.15, -0.1) is 0 Å². The Labute approximate surface area is 151 Å². The van der Waals surface area contributed by atoms with E-state index in [9.17, 15) is 0 Å². The van der Waals surface area contributed by atoms with Crippen molar-refractivity contribution in [2.24, 2.45) is 0 Å². The molecule has 4 rings (SSSR count). The Morgan fingerprint density at radius 3 is 2.65 bits per heavy atom. The summed E-state index contributed by atoms with van der Waals surface area (Å²) in [5, 5.41) is 15.4. The van der Waals surface area contributed by atoms with Crippen molar-refractivity contribution in [3.8, 4) is 5.75 Å². The summed E-state index contributed by atoms with van der Waals surface area (Å²) in [6.45, 7) is 0. The summed E-state index contributed by atoms with van der Waals surface area (Å²) < 4.78 is 7.13. The normalized spacial score (nSPS) is 15.7. The average Bonchev–Trinajstić information content (AvgIpc) is 3.16. The molecule has 7 heteroatoms. The van der Waals surface area contributed by atoms with Crippen LogP contribution in [0.3, 0.4) is 0 Å². The van der Waals surface area contributed by atoms with E-state index >= 15 is 0 Å². The van der Waals surface area contributed by atoms with Gasteiger partial charge in [0.25, 0.3) is 0 Å². The molecule has 0 bridgehead atoms. The van der Waals surface area contributed by atoms with Crippen LogP contribution >= 0.6 is 0 Å². The number of hydrogen-bond donors (Lipinski definition) is 1. The fourth-order valence-corrected chi connectivity index (χ4v) is 3.02. The Morgan fingerprint density at radius 2 is 1.92 bits per heavy atom. The lowest BCUT2D eigenvalue weighted by atomic mass is 10.0. The number of benzene rings is 2. The highest BCUT2D eigenvalue weighted by molar-refractivity contribution is 5.77. The molecule has 0 aliphatic carbocycles. The number of hydrogen-bond acceptors (Lipinski definition) is 6. The first-order valence-corrected chi connectivity index (χ1v) is 8.34. The van der Waals surface area contributed by atoms with Gasteiger partial charge in [-0.25, -0.2) is 0 Å². The largest absolute Gasteiger partial charge is 0.497 e. The predicted octanol–water partition coefficient (Wildman–Crippen LogP) is 2.80. The molecule has 1 atom stereocenters. The van der Waals surface area contributed by atoms with E-state index in [2.05, 4.69) is 56.1 Å². The van der Waals surface area contributed by atoms with Crippen LogP contribution in [-0.2, 0) is 0 Å². The first kappa shape index (κ1) is 16.1. The number of nitrogens with one attached hydrogen (secondary N) is 1. The third-order valence-electron chi connectivity index (χ3n) is 4.46. The van der Waals surface area contributed by atoms with Gasteiger partial charge in [-0.2, -0.15) is 4.68 Å². The molecule has 1 aliphatic heterocycles. The molecule has 7 nitrogen and oxygen atoms in total. The van der Waals surface area contributed by atoms with Gasteiger partial charge in [-0.1, -0.05) is 29.4 Å². The van der Waals surface area contributed by atoms with Crippen molar-refractivity contribution in [3.63, 3.8) is 0 Å². The van der Waals surface area contributed by atoms with Crippen molar-refractivity contribution in [2.75, 3.05) is 31.4 Å². The van der Waals surface area contributed by atoms with Crippen molar-refractivity contribution in [1.82, 2.24) is 20.2 Å². The minimum atomic E-state index is -0.0846. The van der Waals surface area contributed by atoms with E-state index in [1.165, 1.54) is 0 Å². The molecule has 0 amide bonds. The van der Waals surface area contributed by atoms with Crippen LogP contribution in [-0.4, -0.2) is 41.4 Å². The van der Waals surface area contributed by atoms with Crippen LogP contribution in [0.1, 0.15) is 17.2 Å². The highest BCUT2D eigenvalue weighted by Gasteiger charge is 2.24. The number of tetrazole rings is 1. The third-order valence-corrected chi connectivity index (χ3v) is 4.46. The van der Waals surface area contributed by atoms with Crippen molar-refractivity contribution in [3.05, 3.63) is 65.7 Å². The van der Waals surface area contributed by atoms with Gasteiger partial charge in [0, 0.05) is 31.0 Å². The third kappa shape index (κ3) is 2.88. The second-order valence-corrected chi connectivity index (χ2v) is 6.32. The standard InChI is InChI=1S/C19H20N6O/c1-24(2)15-9-7-13(8-10-15)18-12-17(20-19-21-22-23-25(18)19)14-5-4-6-16(11-14)26-3/h4-12,18H,1-3H3,(H,20,21,23)/t18-/m0/s1. The van der Waals surface area contributed by atoms with Crippen LogP contribution in [0.25, 0.3) is 5.70 Å². The zero-order valence-electron chi connectivity index (χ0n) is 14.9. The molecule has 132 valence electrons. The first-order valence-electron chi connectivity index (χ1n) is 8.34. The maximum Gasteiger partial charge on any atom is 0.248 e. The second kappa shape index (κ2) is 6.51. The molecule has 2 heterocycles. The van der Waals surface area contributed by atoms with Crippen molar-refractivity contribution >= 4 is 17.3 Å². The summed E-state index contributed by atoms with van der Waals surface area (Å²) in [5.74, 6) is 1.43. The smallest absolute Gasteiger partial charge is 0.248 e. The van der Waals surface area contributed by atoms with Crippen LogP contribution in [0, 0.1) is 0 Å².